The lowest BCUT2D eigenvalue weighted by atomic mass is 9.74. The Morgan fingerprint density at radius 1 is 1.03 bits per heavy atom. The third-order valence-electron chi connectivity index (χ3n) is 6.54. The van der Waals surface area contributed by atoms with Gasteiger partial charge in [0.1, 0.15) is 0 Å². The van der Waals surface area contributed by atoms with Crippen molar-refractivity contribution in [2.45, 2.75) is 43.8 Å². The normalized spacial score (nSPS) is 21.1. The Kier molecular flexibility index (Phi) is 5.77. The van der Waals surface area contributed by atoms with Crippen molar-refractivity contribution >= 4 is 10.9 Å². The molecule has 0 radical (unpaired) electrons. The Morgan fingerprint density at radius 2 is 1.81 bits per heavy atom. The smallest absolute Gasteiger partial charge is 0.386 e. The van der Waals surface area contributed by atoms with Crippen molar-refractivity contribution in [1.82, 2.24) is 15.2 Å². The molecule has 4 aromatic rings. The summed E-state index contributed by atoms with van der Waals surface area (Å²) < 4.78 is 87.9. The zero-order chi connectivity index (χ0) is 25.7. The highest BCUT2D eigenvalue weighted by molar-refractivity contribution is 5.98. The summed E-state index contributed by atoms with van der Waals surface area (Å²) in [6, 6.07) is 13.7. The molecule has 1 aliphatic rings. The van der Waals surface area contributed by atoms with Crippen LogP contribution in [0.2, 0.25) is 0 Å². The van der Waals surface area contributed by atoms with Crippen molar-refractivity contribution in [3.8, 4) is 17.0 Å². The van der Waals surface area contributed by atoms with E-state index in [1.54, 1.807) is 6.07 Å². The number of nitrogens with one attached hydrogen (secondary N) is 2. The molecule has 11 heteroatoms. The fourth-order valence-electron chi connectivity index (χ4n) is 4.82. The molecular formula is C25H21F6N3O2. The number of nitrogens with zero attached hydrogens (tertiary/aromatic N) is 1. The zero-order valence-electron chi connectivity index (χ0n) is 18.9. The fourth-order valence-corrected chi connectivity index (χ4v) is 4.82. The van der Waals surface area contributed by atoms with E-state index in [1.807, 2.05) is 31.2 Å². The number of halogens is 6. The predicted octanol–water partition coefficient (Wildman–Crippen LogP) is 7.28. The second-order valence-electron chi connectivity index (χ2n) is 9.08. The zero-order valence-corrected chi connectivity index (χ0v) is 18.9. The van der Waals surface area contributed by atoms with Crippen LogP contribution in [0.15, 0.2) is 54.6 Å². The van der Waals surface area contributed by atoms with E-state index in [1.165, 1.54) is 6.07 Å². The third kappa shape index (κ3) is 4.67. The lowest BCUT2D eigenvalue weighted by molar-refractivity contribution is -0.276. The largest absolute Gasteiger partial charge is 0.574 e. The molecule has 2 atom stereocenters. The van der Waals surface area contributed by atoms with Crippen LogP contribution in [-0.4, -0.2) is 28.2 Å². The van der Waals surface area contributed by atoms with Crippen molar-refractivity contribution in [1.29, 1.82) is 0 Å². The molecule has 1 fully saturated rings. The number of benzene rings is 2. The molecule has 1 aliphatic heterocycles. The fraction of sp³-hybridized carbons (Fsp3) is 0.320. The van der Waals surface area contributed by atoms with E-state index in [0.29, 0.717) is 29.7 Å². The summed E-state index contributed by atoms with van der Waals surface area (Å²) in [4.78, 5) is 3.40. The summed E-state index contributed by atoms with van der Waals surface area (Å²) in [5, 5.41) is 6.89. The van der Waals surface area contributed by atoms with Gasteiger partial charge in [0.15, 0.2) is 0 Å². The molecule has 2 aromatic carbocycles. The molecule has 1 saturated heterocycles. The van der Waals surface area contributed by atoms with E-state index in [4.69, 9.17) is 4.74 Å². The minimum absolute atomic E-state index is 0.285. The number of aromatic amines is 2. The van der Waals surface area contributed by atoms with Crippen LogP contribution in [0.3, 0.4) is 0 Å². The highest BCUT2D eigenvalue weighted by Gasteiger charge is 2.40. The molecule has 0 bridgehead atoms. The first-order valence-electron chi connectivity index (χ1n) is 11.1. The molecule has 5 rings (SSSR count). The second-order valence-corrected chi connectivity index (χ2v) is 9.08. The van der Waals surface area contributed by atoms with Crippen LogP contribution < -0.4 is 4.74 Å². The van der Waals surface area contributed by atoms with E-state index in [9.17, 15) is 26.3 Å². The van der Waals surface area contributed by atoms with Gasteiger partial charge < -0.3 is 14.5 Å². The van der Waals surface area contributed by atoms with Crippen LogP contribution >= 0.6 is 0 Å². The Balaban J connectivity index is 1.56. The highest BCUT2D eigenvalue weighted by Crippen LogP contribution is 2.48. The number of rotatable bonds is 4. The van der Waals surface area contributed by atoms with Gasteiger partial charge in [0.2, 0.25) is 5.88 Å². The number of H-pyrrole nitrogens is 2. The van der Waals surface area contributed by atoms with Crippen LogP contribution in [0.25, 0.3) is 22.0 Å². The van der Waals surface area contributed by atoms with Gasteiger partial charge >= 0.3 is 12.5 Å². The maximum atomic E-state index is 13.5. The standard InChI is InChI=1S/C25H21F6N3O2/c1-23(9-10-35-19(13-23)18-12-20(34-33-18)36-25(29,30)31)22-21(16-7-2-3-8-17(16)32-22)14-5-4-6-15(11-14)24(26,27)28/h2-8,11-12,19,32H,9-10,13H2,1H3,(H,33,34). The average molecular weight is 509 g/mol. The van der Waals surface area contributed by atoms with Gasteiger partial charge in [-0.2, -0.15) is 13.2 Å². The highest BCUT2D eigenvalue weighted by atomic mass is 19.4. The monoisotopic (exact) mass is 509 g/mol. The molecular weight excluding hydrogens is 488 g/mol. The Labute approximate surface area is 201 Å². The van der Waals surface area contributed by atoms with Gasteiger partial charge in [-0.1, -0.05) is 37.3 Å². The van der Waals surface area contributed by atoms with Crippen molar-refractivity contribution in [2.24, 2.45) is 0 Å². The summed E-state index contributed by atoms with van der Waals surface area (Å²) in [6.45, 7) is 2.25. The van der Waals surface area contributed by atoms with Gasteiger partial charge in [0.25, 0.3) is 0 Å². The maximum absolute atomic E-state index is 13.5. The average Bonchev–Trinajstić information content (AvgIpc) is 3.43. The first kappa shape index (κ1) is 24.2. The van der Waals surface area contributed by atoms with Gasteiger partial charge in [0.05, 0.1) is 17.4 Å². The minimum Gasteiger partial charge on any atom is -0.386 e. The van der Waals surface area contributed by atoms with E-state index in [-0.39, 0.29) is 6.61 Å². The van der Waals surface area contributed by atoms with Crippen molar-refractivity contribution in [2.75, 3.05) is 6.61 Å². The van der Waals surface area contributed by atoms with Crippen LogP contribution in [0.5, 0.6) is 5.88 Å². The molecule has 2 unspecified atom stereocenters. The maximum Gasteiger partial charge on any atom is 0.574 e. The van der Waals surface area contributed by atoms with Crippen molar-refractivity contribution in [3.63, 3.8) is 0 Å². The quantitative estimate of drug-likeness (QED) is 0.284. The predicted molar refractivity (Wildman–Crippen MR) is 119 cm³/mol. The van der Waals surface area contributed by atoms with Crippen LogP contribution in [-0.2, 0) is 16.3 Å². The molecule has 2 N–H and O–H groups in total. The number of aromatic nitrogens is 3. The van der Waals surface area contributed by atoms with E-state index in [2.05, 4.69) is 19.9 Å². The van der Waals surface area contributed by atoms with E-state index >= 15 is 0 Å². The molecule has 0 saturated carbocycles. The molecule has 190 valence electrons. The first-order valence-corrected chi connectivity index (χ1v) is 11.1. The van der Waals surface area contributed by atoms with Crippen molar-refractivity contribution < 1.29 is 35.8 Å². The van der Waals surface area contributed by atoms with Gasteiger partial charge in [-0.15, -0.1) is 18.3 Å². The Morgan fingerprint density at radius 3 is 2.56 bits per heavy atom. The van der Waals surface area contributed by atoms with Gasteiger partial charge in [-0.25, -0.2) is 0 Å². The molecule has 36 heavy (non-hydrogen) atoms. The Hall–Kier alpha value is -3.47. The number of hydrogen-bond donors (Lipinski definition) is 2. The first-order chi connectivity index (χ1) is 16.9. The Bertz CT molecular complexity index is 1390. The number of ether oxygens (including phenoxy) is 2. The minimum atomic E-state index is -4.88. The van der Waals surface area contributed by atoms with Gasteiger partial charge in [-0.3, -0.25) is 5.10 Å². The van der Waals surface area contributed by atoms with Crippen LogP contribution in [0, 0.1) is 0 Å². The molecule has 0 amide bonds. The second kappa shape index (κ2) is 8.58. The number of para-hydroxylation sites is 1. The van der Waals surface area contributed by atoms with Gasteiger partial charge in [0, 0.05) is 40.2 Å². The lowest BCUT2D eigenvalue weighted by Gasteiger charge is -2.38. The van der Waals surface area contributed by atoms with Crippen LogP contribution in [0.1, 0.15) is 42.8 Å². The molecule has 3 heterocycles. The number of fused-ring (bicyclic) bond motifs is 1. The summed E-state index contributed by atoms with van der Waals surface area (Å²) in [7, 11) is 0. The lowest BCUT2D eigenvalue weighted by Crippen LogP contribution is -2.33. The number of hydrogen-bond acceptors (Lipinski definition) is 3. The van der Waals surface area contributed by atoms with E-state index in [0.717, 1.165) is 34.8 Å². The molecule has 0 aliphatic carbocycles. The summed E-state index contributed by atoms with van der Waals surface area (Å²) in [6.07, 6.45) is -9.10. The van der Waals surface area contributed by atoms with Crippen molar-refractivity contribution in [3.05, 3.63) is 71.5 Å². The van der Waals surface area contributed by atoms with Crippen LogP contribution in [0.4, 0.5) is 26.3 Å². The summed E-state index contributed by atoms with van der Waals surface area (Å²) in [5.74, 6) is -0.622. The number of alkyl halides is 6. The SMILES string of the molecule is CC1(c2[nH]c3ccccc3c2-c2cccc(C(F)(F)F)c2)CCOC(c2cc(OC(F)(F)F)n[nH]2)C1. The molecule has 2 aromatic heterocycles. The third-order valence-corrected chi connectivity index (χ3v) is 6.54. The summed E-state index contributed by atoms with van der Waals surface area (Å²) >= 11 is 0. The summed E-state index contributed by atoms with van der Waals surface area (Å²) in [5.41, 5.74) is 1.56. The van der Waals surface area contributed by atoms with Gasteiger partial charge in [-0.05, 0) is 36.6 Å². The molecule has 0 spiro atoms. The van der Waals surface area contributed by atoms with E-state index < -0.39 is 35.5 Å². The topological polar surface area (TPSA) is 62.9 Å². The molecule has 5 nitrogen and oxygen atoms in total.